The van der Waals surface area contributed by atoms with Gasteiger partial charge in [-0.2, -0.15) is 0 Å². The van der Waals surface area contributed by atoms with Gasteiger partial charge in [-0.25, -0.2) is 14.4 Å². The molecule has 0 saturated carbocycles. The Morgan fingerprint density at radius 3 is 1.88 bits per heavy atom. The second-order valence-electron chi connectivity index (χ2n) is 6.58. The molecule has 1 aliphatic heterocycles. The molecule has 0 bridgehead atoms. The highest BCUT2D eigenvalue weighted by Gasteiger charge is 2.62. The average molecular weight is 489 g/mol. The molecule has 0 unspecified atom stereocenters. The van der Waals surface area contributed by atoms with Gasteiger partial charge in [-0.3, -0.25) is 10.1 Å². The van der Waals surface area contributed by atoms with Gasteiger partial charge in [0.2, 0.25) is 11.9 Å². The zero-order valence-electron chi connectivity index (χ0n) is 18.5. The van der Waals surface area contributed by atoms with E-state index in [1.165, 1.54) is 12.1 Å². The lowest BCUT2D eigenvalue weighted by Crippen LogP contribution is -2.67. The third-order valence-electron chi connectivity index (χ3n) is 4.84. The monoisotopic (exact) mass is 489 g/mol. The Balaban J connectivity index is 2.70. The van der Waals surface area contributed by atoms with Crippen LogP contribution in [0.15, 0.2) is 24.3 Å². The molecule has 1 aliphatic rings. The van der Waals surface area contributed by atoms with E-state index in [9.17, 15) is 29.6 Å². The summed E-state index contributed by atoms with van der Waals surface area (Å²) in [4.78, 5) is 46.4. The summed E-state index contributed by atoms with van der Waals surface area (Å²) < 4.78 is 40.5. The summed E-state index contributed by atoms with van der Waals surface area (Å²) in [5, 5.41) is 21.0. The first-order chi connectivity index (χ1) is 16.2. The molecule has 15 nitrogen and oxygen atoms in total. The van der Waals surface area contributed by atoms with Gasteiger partial charge >= 0.3 is 18.5 Å². The van der Waals surface area contributed by atoms with Crippen molar-refractivity contribution in [3.05, 3.63) is 39.9 Å². The van der Waals surface area contributed by atoms with Crippen LogP contribution in [-0.2, 0) is 43.7 Å². The fourth-order valence-electron chi connectivity index (χ4n) is 3.32. The number of nitrogens with zero attached hydrogens (tertiary/aromatic N) is 1. The molecule has 1 heterocycles. The molecule has 1 saturated heterocycles. The number of ether oxygens (including phenoxy) is 8. The van der Waals surface area contributed by atoms with E-state index in [1.807, 2.05) is 0 Å². The van der Waals surface area contributed by atoms with Crippen LogP contribution in [0.2, 0.25) is 0 Å². The van der Waals surface area contributed by atoms with Crippen LogP contribution >= 0.6 is 0 Å². The minimum absolute atomic E-state index is 0.0583. The maximum absolute atomic E-state index is 12.1. The zero-order valence-corrected chi connectivity index (χ0v) is 18.5. The standard InChI is InChI=1S/C19H23NO14/c1-27-16(22)31-13-12(9-21)34-19(30-4,10-5-7-11(8-6-10)20(25)26)15(33-18(24)29-3)14(13)32-17(23)28-2/h5-8,12-15,21H,9H2,1-4H3/t12-,13+,14+,15-,19-/m1/s1. The summed E-state index contributed by atoms with van der Waals surface area (Å²) in [5.41, 5.74) is -0.216. The van der Waals surface area contributed by atoms with Gasteiger partial charge in [0.1, 0.15) is 6.10 Å². The van der Waals surface area contributed by atoms with Crippen LogP contribution in [0.3, 0.4) is 0 Å². The van der Waals surface area contributed by atoms with E-state index in [-0.39, 0.29) is 11.3 Å². The van der Waals surface area contributed by atoms with Crippen LogP contribution in [0.25, 0.3) is 0 Å². The summed E-state index contributed by atoms with van der Waals surface area (Å²) in [7, 11) is 4.15. The predicted molar refractivity (Wildman–Crippen MR) is 106 cm³/mol. The van der Waals surface area contributed by atoms with Crippen molar-refractivity contribution in [2.45, 2.75) is 30.2 Å². The van der Waals surface area contributed by atoms with Crippen molar-refractivity contribution in [2.75, 3.05) is 35.0 Å². The van der Waals surface area contributed by atoms with Crippen molar-refractivity contribution >= 4 is 24.2 Å². The summed E-state index contributed by atoms with van der Waals surface area (Å²) >= 11 is 0. The highest BCUT2D eigenvalue weighted by molar-refractivity contribution is 5.62. The quantitative estimate of drug-likeness (QED) is 0.249. The number of aliphatic hydroxyl groups is 1. The number of hydrogen-bond acceptors (Lipinski definition) is 14. The van der Waals surface area contributed by atoms with Gasteiger partial charge < -0.3 is 43.0 Å². The van der Waals surface area contributed by atoms with Crippen molar-refractivity contribution in [3.8, 4) is 0 Å². The number of carbonyl (C=O) groups excluding carboxylic acids is 3. The largest absolute Gasteiger partial charge is 0.508 e. The van der Waals surface area contributed by atoms with Gasteiger partial charge in [-0.05, 0) is 12.1 Å². The van der Waals surface area contributed by atoms with E-state index in [0.29, 0.717) is 0 Å². The molecule has 2 rings (SSSR count). The first kappa shape index (κ1) is 26.6. The van der Waals surface area contributed by atoms with Gasteiger partial charge in [0.25, 0.3) is 5.69 Å². The molecule has 0 amide bonds. The molecule has 1 fully saturated rings. The Morgan fingerprint density at radius 1 is 0.941 bits per heavy atom. The molecule has 1 aromatic rings. The molecule has 34 heavy (non-hydrogen) atoms. The molecule has 0 aliphatic carbocycles. The molecular formula is C19H23NO14. The highest BCUT2D eigenvalue weighted by atomic mass is 16.8. The number of nitro benzene ring substituents is 1. The van der Waals surface area contributed by atoms with Gasteiger partial charge in [-0.15, -0.1) is 0 Å². The summed E-state index contributed by atoms with van der Waals surface area (Å²) in [6.07, 6.45) is -10.2. The highest BCUT2D eigenvalue weighted by Crippen LogP contribution is 2.43. The molecular weight excluding hydrogens is 466 g/mol. The second kappa shape index (κ2) is 11.4. The predicted octanol–water partition coefficient (Wildman–Crippen LogP) is 1.24. The third kappa shape index (κ3) is 5.44. The van der Waals surface area contributed by atoms with Crippen molar-refractivity contribution in [2.24, 2.45) is 0 Å². The lowest BCUT2D eigenvalue weighted by molar-refractivity contribution is -0.385. The molecule has 188 valence electrons. The molecule has 15 heteroatoms. The molecule has 0 aromatic heterocycles. The third-order valence-corrected chi connectivity index (χ3v) is 4.84. The maximum Gasteiger partial charge on any atom is 0.508 e. The normalized spacial score (nSPS) is 26.0. The van der Waals surface area contributed by atoms with Gasteiger partial charge in [0.05, 0.1) is 32.9 Å². The number of rotatable bonds is 7. The Hall–Kier alpha value is -3.69. The van der Waals surface area contributed by atoms with E-state index in [4.69, 9.17) is 23.7 Å². The molecule has 0 spiro atoms. The van der Waals surface area contributed by atoms with Gasteiger partial charge in [0.15, 0.2) is 12.2 Å². The lowest BCUT2D eigenvalue weighted by atomic mass is 9.87. The number of nitro groups is 1. The molecule has 1 aromatic carbocycles. The topological polar surface area (TPSA) is 188 Å². The van der Waals surface area contributed by atoms with Crippen molar-refractivity contribution in [1.29, 1.82) is 0 Å². The average Bonchev–Trinajstić information content (AvgIpc) is 2.85. The Kier molecular flexibility index (Phi) is 8.94. The SMILES string of the molecule is COC(=O)O[C@@H]1[C@H](OC(=O)OC)[C@@H](OC(=O)OC)[C@@](OC)(c2ccc([N+](=O)[O-])cc2)O[C@@H]1CO. The van der Waals surface area contributed by atoms with E-state index in [0.717, 1.165) is 40.6 Å². The van der Waals surface area contributed by atoms with Crippen LogP contribution in [0.1, 0.15) is 5.56 Å². The van der Waals surface area contributed by atoms with E-state index < -0.39 is 60.2 Å². The summed E-state index contributed by atoms with van der Waals surface area (Å²) in [6, 6.07) is 4.71. The van der Waals surface area contributed by atoms with Crippen LogP contribution < -0.4 is 0 Å². The maximum atomic E-state index is 12.1. The van der Waals surface area contributed by atoms with Gasteiger partial charge in [0, 0.05) is 24.8 Å². The molecule has 5 atom stereocenters. The van der Waals surface area contributed by atoms with Crippen molar-refractivity contribution in [1.82, 2.24) is 0 Å². The number of aliphatic hydroxyl groups excluding tert-OH is 1. The van der Waals surface area contributed by atoms with Crippen LogP contribution in [0.5, 0.6) is 0 Å². The van der Waals surface area contributed by atoms with Crippen LogP contribution in [-0.4, -0.2) is 88.0 Å². The van der Waals surface area contributed by atoms with E-state index >= 15 is 0 Å². The van der Waals surface area contributed by atoms with E-state index in [2.05, 4.69) is 14.2 Å². The number of non-ortho nitro benzene ring substituents is 1. The lowest BCUT2D eigenvalue weighted by Gasteiger charge is -2.49. The minimum Gasteiger partial charge on any atom is -0.438 e. The first-order valence-corrected chi connectivity index (χ1v) is 9.49. The number of carbonyl (C=O) groups is 3. The summed E-state index contributed by atoms with van der Waals surface area (Å²) in [5.74, 6) is -2.13. The van der Waals surface area contributed by atoms with Crippen molar-refractivity contribution < 1.29 is 62.3 Å². The Labute approximate surface area is 192 Å². The zero-order chi connectivity index (χ0) is 25.5. The van der Waals surface area contributed by atoms with Gasteiger partial charge in [-0.1, -0.05) is 0 Å². The van der Waals surface area contributed by atoms with Crippen LogP contribution in [0.4, 0.5) is 20.1 Å². The second-order valence-corrected chi connectivity index (χ2v) is 6.58. The smallest absolute Gasteiger partial charge is 0.438 e. The minimum atomic E-state index is -2.13. The molecule has 0 radical (unpaired) electrons. The van der Waals surface area contributed by atoms with E-state index in [1.54, 1.807) is 0 Å². The fourth-order valence-corrected chi connectivity index (χ4v) is 3.32. The number of hydrogen-bond donors (Lipinski definition) is 1. The van der Waals surface area contributed by atoms with Crippen molar-refractivity contribution in [3.63, 3.8) is 0 Å². The number of methoxy groups -OCH3 is 4. The fraction of sp³-hybridized carbons (Fsp3) is 0.526. The Morgan fingerprint density at radius 2 is 1.44 bits per heavy atom. The first-order valence-electron chi connectivity index (χ1n) is 9.49. The molecule has 1 N–H and O–H groups in total. The number of benzene rings is 1. The summed E-state index contributed by atoms with van der Waals surface area (Å²) in [6.45, 7) is -0.800. The Bertz CT molecular complexity index is 889. The van der Waals surface area contributed by atoms with Crippen LogP contribution in [0, 0.1) is 10.1 Å².